The van der Waals surface area contributed by atoms with Crippen LogP contribution in [0.4, 0.5) is 34.1 Å². The summed E-state index contributed by atoms with van der Waals surface area (Å²) in [5.74, 6) is 0. The van der Waals surface area contributed by atoms with Gasteiger partial charge in [-0.2, -0.15) is 0 Å². The molecule has 4 nitrogen and oxygen atoms in total. The predicted molar refractivity (Wildman–Crippen MR) is 275 cm³/mol. The van der Waals surface area contributed by atoms with E-state index in [2.05, 4.69) is 256 Å². The van der Waals surface area contributed by atoms with E-state index in [0.29, 0.717) is 0 Å². The number of rotatable bonds is 8. The molecule has 2 aliphatic rings. The van der Waals surface area contributed by atoms with E-state index in [1.165, 1.54) is 55.3 Å². The number of aromatic nitrogens is 2. The Morgan fingerprint density at radius 2 is 0.652 bits per heavy atom. The molecule has 12 rings (SSSR count). The van der Waals surface area contributed by atoms with Crippen molar-refractivity contribution in [2.24, 2.45) is 0 Å². The lowest BCUT2D eigenvalue weighted by molar-refractivity contribution is 0.617. The predicted octanol–water partition coefficient (Wildman–Crippen LogP) is 16.5. The molecule has 0 unspecified atom stereocenters. The van der Waals surface area contributed by atoms with E-state index < -0.39 is 0 Å². The summed E-state index contributed by atoms with van der Waals surface area (Å²) in [6, 6.07) is 78.6. The molecule has 0 N–H and O–H groups in total. The number of hydrogen-bond donors (Lipinski definition) is 0. The van der Waals surface area contributed by atoms with Crippen molar-refractivity contribution in [2.45, 2.75) is 38.5 Å². The van der Waals surface area contributed by atoms with Crippen molar-refractivity contribution in [3.8, 4) is 44.8 Å². The SMILES string of the molecule is CC1(C)c2cc(-c3ccc(N(c4ccccc4)c4ccccc4)cc3)ccc2-c2nc3c(nc21)-c1ccc(-c2ccc(N(c4ccccc4)c4ccc5ccccc5c4)cc2)cc1C3(C)C. The first-order valence-corrected chi connectivity index (χ1v) is 22.9. The highest BCUT2D eigenvalue weighted by Crippen LogP contribution is 2.54. The molecule has 2 aliphatic carbocycles. The largest absolute Gasteiger partial charge is 0.311 e. The summed E-state index contributed by atoms with van der Waals surface area (Å²) >= 11 is 0. The van der Waals surface area contributed by atoms with Gasteiger partial charge in [0.1, 0.15) is 0 Å². The number of fused-ring (bicyclic) bond motifs is 7. The van der Waals surface area contributed by atoms with E-state index in [0.717, 1.165) is 56.9 Å². The number of para-hydroxylation sites is 3. The van der Waals surface area contributed by atoms with E-state index in [4.69, 9.17) is 9.97 Å². The standard InChI is InChI=1S/C62H48N4/c1-61(2)55-39-45(42-24-31-50(32-25-42)65(47-18-8-5-9-19-47)48-20-10-6-11-21-48)29-36-53(55)57-59(61)64-58-54-37-30-46(40-56(54)62(3,4)60(58)63-57)43-26-33-51(34-27-43)66(49-22-12-7-13-23-49)52-35-28-41-16-14-15-17-44(41)38-52/h5-40H,1-4H3. The maximum Gasteiger partial charge on any atom is 0.0933 e. The van der Waals surface area contributed by atoms with Crippen molar-refractivity contribution in [1.29, 1.82) is 0 Å². The van der Waals surface area contributed by atoms with Gasteiger partial charge in [0, 0.05) is 56.1 Å². The average Bonchev–Trinajstić information content (AvgIpc) is 3.72. The van der Waals surface area contributed by atoms with Gasteiger partial charge >= 0.3 is 0 Å². The normalized spacial score (nSPS) is 13.7. The fourth-order valence-electron chi connectivity index (χ4n) is 10.4. The molecule has 0 atom stereocenters. The van der Waals surface area contributed by atoms with Gasteiger partial charge in [0.25, 0.3) is 0 Å². The topological polar surface area (TPSA) is 32.3 Å². The zero-order valence-corrected chi connectivity index (χ0v) is 37.6. The van der Waals surface area contributed by atoms with Crippen molar-refractivity contribution in [3.05, 3.63) is 241 Å². The van der Waals surface area contributed by atoms with Gasteiger partial charge in [0.05, 0.1) is 22.8 Å². The van der Waals surface area contributed by atoms with Crippen LogP contribution in [0.5, 0.6) is 0 Å². The molecule has 0 spiro atoms. The molecule has 66 heavy (non-hydrogen) atoms. The molecule has 316 valence electrons. The molecular weight excluding hydrogens is 801 g/mol. The lowest BCUT2D eigenvalue weighted by Crippen LogP contribution is -2.20. The van der Waals surface area contributed by atoms with Crippen LogP contribution in [0.15, 0.2) is 218 Å². The summed E-state index contributed by atoms with van der Waals surface area (Å²) in [5, 5.41) is 2.45. The third-order valence-corrected chi connectivity index (χ3v) is 13.9. The molecule has 1 aromatic heterocycles. The van der Waals surface area contributed by atoms with Gasteiger partial charge < -0.3 is 9.80 Å². The first kappa shape index (κ1) is 39.5. The second kappa shape index (κ2) is 15.3. The Kier molecular flexibility index (Phi) is 9.15. The van der Waals surface area contributed by atoms with E-state index >= 15 is 0 Å². The van der Waals surface area contributed by atoms with Crippen molar-refractivity contribution in [3.63, 3.8) is 0 Å². The Morgan fingerprint density at radius 1 is 0.303 bits per heavy atom. The monoisotopic (exact) mass is 848 g/mol. The third kappa shape index (κ3) is 6.43. The van der Waals surface area contributed by atoms with Crippen LogP contribution in [0, 0.1) is 0 Å². The Hall–Kier alpha value is -8.08. The molecule has 0 saturated heterocycles. The molecular formula is C62H48N4. The number of nitrogens with zero attached hydrogens (tertiary/aromatic N) is 4. The maximum atomic E-state index is 5.57. The summed E-state index contributed by atoms with van der Waals surface area (Å²) < 4.78 is 0. The van der Waals surface area contributed by atoms with Gasteiger partial charge in [-0.05, 0) is 129 Å². The number of benzene rings is 9. The molecule has 0 bridgehead atoms. The number of hydrogen-bond acceptors (Lipinski definition) is 4. The maximum absolute atomic E-state index is 5.57. The molecule has 1 heterocycles. The fraction of sp³-hybridized carbons (Fsp3) is 0.0968. The zero-order valence-electron chi connectivity index (χ0n) is 37.6. The fourth-order valence-corrected chi connectivity index (χ4v) is 10.4. The Morgan fingerprint density at radius 3 is 1.09 bits per heavy atom. The van der Waals surface area contributed by atoms with Gasteiger partial charge in [-0.25, -0.2) is 9.97 Å². The zero-order chi connectivity index (χ0) is 44.6. The van der Waals surface area contributed by atoms with Crippen LogP contribution in [-0.4, -0.2) is 9.97 Å². The van der Waals surface area contributed by atoms with Crippen molar-refractivity contribution in [1.82, 2.24) is 9.97 Å². The van der Waals surface area contributed by atoms with Crippen LogP contribution in [-0.2, 0) is 10.8 Å². The van der Waals surface area contributed by atoms with E-state index in [-0.39, 0.29) is 10.8 Å². The molecule has 10 aromatic rings. The van der Waals surface area contributed by atoms with Gasteiger partial charge in [0.15, 0.2) is 0 Å². The lowest BCUT2D eigenvalue weighted by Gasteiger charge is -2.26. The lowest BCUT2D eigenvalue weighted by atomic mass is 9.83. The van der Waals surface area contributed by atoms with Crippen LogP contribution >= 0.6 is 0 Å². The van der Waals surface area contributed by atoms with E-state index in [1.54, 1.807) is 0 Å². The van der Waals surface area contributed by atoms with Crippen LogP contribution < -0.4 is 9.80 Å². The van der Waals surface area contributed by atoms with Crippen molar-refractivity contribution < 1.29 is 0 Å². The third-order valence-electron chi connectivity index (χ3n) is 13.9. The van der Waals surface area contributed by atoms with Crippen molar-refractivity contribution in [2.75, 3.05) is 9.80 Å². The molecule has 9 aromatic carbocycles. The summed E-state index contributed by atoms with van der Waals surface area (Å²) in [6.07, 6.45) is 0. The average molecular weight is 849 g/mol. The quantitative estimate of drug-likeness (QED) is 0.152. The van der Waals surface area contributed by atoms with Crippen LogP contribution in [0.3, 0.4) is 0 Å². The number of anilines is 6. The highest BCUT2D eigenvalue weighted by Gasteiger charge is 2.44. The molecule has 0 radical (unpaired) electrons. The minimum atomic E-state index is -0.329. The first-order valence-electron chi connectivity index (χ1n) is 22.9. The van der Waals surface area contributed by atoms with Gasteiger partial charge in [0.2, 0.25) is 0 Å². The Bertz CT molecular complexity index is 3410. The van der Waals surface area contributed by atoms with Gasteiger partial charge in [-0.3, -0.25) is 0 Å². The second-order valence-corrected chi connectivity index (χ2v) is 18.7. The summed E-state index contributed by atoms with van der Waals surface area (Å²) in [6.45, 7) is 9.21. The molecule has 4 heteroatoms. The van der Waals surface area contributed by atoms with Crippen molar-refractivity contribution >= 4 is 44.9 Å². The smallest absolute Gasteiger partial charge is 0.0933 e. The Labute approximate surface area is 387 Å². The molecule has 0 amide bonds. The minimum Gasteiger partial charge on any atom is -0.311 e. The first-order chi connectivity index (χ1) is 32.2. The van der Waals surface area contributed by atoms with Gasteiger partial charge in [-0.1, -0.05) is 161 Å². The summed E-state index contributed by atoms with van der Waals surface area (Å²) in [5.41, 5.74) is 19.8. The van der Waals surface area contributed by atoms with Crippen LogP contribution in [0.1, 0.15) is 50.2 Å². The Balaban J connectivity index is 0.845. The van der Waals surface area contributed by atoms with E-state index in [1.807, 2.05) is 0 Å². The second-order valence-electron chi connectivity index (χ2n) is 18.7. The summed E-state index contributed by atoms with van der Waals surface area (Å²) in [4.78, 5) is 15.8. The minimum absolute atomic E-state index is 0.324. The molecule has 0 fully saturated rings. The molecule has 0 aliphatic heterocycles. The van der Waals surface area contributed by atoms with Gasteiger partial charge in [-0.15, -0.1) is 0 Å². The summed E-state index contributed by atoms with van der Waals surface area (Å²) in [7, 11) is 0. The van der Waals surface area contributed by atoms with Crippen LogP contribution in [0.2, 0.25) is 0 Å². The highest BCUT2D eigenvalue weighted by atomic mass is 15.1. The highest BCUT2D eigenvalue weighted by molar-refractivity contribution is 5.90. The van der Waals surface area contributed by atoms with E-state index in [9.17, 15) is 0 Å². The molecule has 0 saturated carbocycles. The van der Waals surface area contributed by atoms with Crippen LogP contribution in [0.25, 0.3) is 55.5 Å².